The first-order valence-electron chi connectivity index (χ1n) is 5.32. The fourth-order valence-corrected chi connectivity index (χ4v) is 2.20. The van der Waals surface area contributed by atoms with Crippen molar-refractivity contribution in [1.29, 1.82) is 0 Å². The molecule has 2 aromatic carbocycles. The van der Waals surface area contributed by atoms with E-state index in [0.29, 0.717) is 32.9 Å². The van der Waals surface area contributed by atoms with E-state index in [1.165, 1.54) is 18.2 Å². The molecule has 0 radical (unpaired) electrons. The third-order valence-electron chi connectivity index (χ3n) is 2.44. The van der Waals surface area contributed by atoms with Gasteiger partial charge in [-0.05, 0) is 29.8 Å². The molecule has 0 fully saturated rings. The van der Waals surface area contributed by atoms with Crippen molar-refractivity contribution in [3.05, 3.63) is 56.8 Å². The predicted molar refractivity (Wildman–Crippen MR) is 76.9 cm³/mol. The second-order valence-corrected chi connectivity index (χ2v) is 5.14. The number of anilines is 1. The third-order valence-corrected chi connectivity index (χ3v) is 3.47. The molecule has 100 valence electrons. The fraction of sp³-hybridized carbons (Fsp3) is 0.0769. The fourth-order valence-electron chi connectivity index (χ4n) is 1.59. The largest absolute Gasteiger partial charge is 0.508 e. The predicted octanol–water partition coefficient (Wildman–Crippen LogP) is 5.10. The van der Waals surface area contributed by atoms with E-state index in [9.17, 15) is 9.50 Å². The minimum absolute atomic E-state index is 0.128. The molecule has 0 aliphatic heterocycles. The Morgan fingerprint density at radius 2 is 1.63 bits per heavy atom. The van der Waals surface area contributed by atoms with E-state index in [2.05, 4.69) is 5.32 Å². The number of benzene rings is 2. The number of rotatable bonds is 3. The molecule has 19 heavy (non-hydrogen) atoms. The highest BCUT2D eigenvalue weighted by molar-refractivity contribution is 6.44. The summed E-state index contributed by atoms with van der Waals surface area (Å²) in [5, 5.41) is 13.4. The van der Waals surface area contributed by atoms with Crippen LogP contribution in [0.4, 0.5) is 10.1 Å². The van der Waals surface area contributed by atoms with Crippen LogP contribution < -0.4 is 5.32 Å². The van der Waals surface area contributed by atoms with Gasteiger partial charge in [0.15, 0.2) is 0 Å². The Kier molecular flexibility index (Phi) is 4.40. The van der Waals surface area contributed by atoms with Gasteiger partial charge in [0.25, 0.3) is 0 Å². The first-order valence-corrected chi connectivity index (χ1v) is 6.46. The lowest BCUT2D eigenvalue weighted by molar-refractivity contribution is 0.468. The van der Waals surface area contributed by atoms with Crippen LogP contribution in [-0.4, -0.2) is 5.11 Å². The second kappa shape index (κ2) is 5.87. The SMILES string of the molecule is Oc1cc(F)cc(CNc2cc(Cl)c(Cl)cc2Cl)c1. The molecular formula is C13H9Cl3FNO. The number of hydrogen-bond donors (Lipinski definition) is 2. The van der Waals surface area contributed by atoms with Crippen molar-refractivity contribution in [3.8, 4) is 5.75 Å². The molecule has 0 heterocycles. The number of halogens is 4. The molecule has 0 amide bonds. The first-order chi connectivity index (χ1) is 8.95. The Morgan fingerprint density at radius 3 is 2.32 bits per heavy atom. The van der Waals surface area contributed by atoms with Gasteiger partial charge in [0.2, 0.25) is 0 Å². The van der Waals surface area contributed by atoms with E-state index in [-0.39, 0.29) is 5.75 Å². The summed E-state index contributed by atoms with van der Waals surface area (Å²) in [5.74, 6) is -0.630. The van der Waals surface area contributed by atoms with Crippen LogP contribution in [-0.2, 0) is 6.54 Å². The maximum atomic E-state index is 13.1. The van der Waals surface area contributed by atoms with Gasteiger partial charge in [-0.15, -0.1) is 0 Å². The van der Waals surface area contributed by atoms with Gasteiger partial charge in [0.1, 0.15) is 11.6 Å². The van der Waals surface area contributed by atoms with E-state index in [1.54, 1.807) is 6.07 Å². The van der Waals surface area contributed by atoms with Crippen LogP contribution >= 0.6 is 34.8 Å². The zero-order valence-electron chi connectivity index (χ0n) is 9.55. The number of phenolic OH excluding ortho intramolecular Hbond substituents is 1. The van der Waals surface area contributed by atoms with E-state index in [4.69, 9.17) is 34.8 Å². The van der Waals surface area contributed by atoms with Crippen LogP contribution in [0.2, 0.25) is 15.1 Å². The van der Waals surface area contributed by atoms with Gasteiger partial charge in [-0.2, -0.15) is 0 Å². The number of nitrogens with one attached hydrogen (secondary N) is 1. The molecule has 6 heteroatoms. The van der Waals surface area contributed by atoms with E-state index in [1.807, 2.05) is 0 Å². The molecule has 0 aliphatic rings. The first kappa shape index (κ1) is 14.3. The molecule has 0 atom stereocenters. The van der Waals surface area contributed by atoms with Crippen LogP contribution in [0.5, 0.6) is 5.75 Å². The van der Waals surface area contributed by atoms with Gasteiger partial charge in [-0.3, -0.25) is 0 Å². The van der Waals surface area contributed by atoms with Gasteiger partial charge in [0.05, 0.1) is 20.8 Å². The van der Waals surface area contributed by atoms with E-state index >= 15 is 0 Å². The quantitative estimate of drug-likeness (QED) is 0.771. The normalized spacial score (nSPS) is 10.5. The van der Waals surface area contributed by atoms with Crippen LogP contribution in [0.15, 0.2) is 30.3 Å². The van der Waals surface area contributed by atoms with Crippen molar-refractivity contribution in [1.82, 2.24) is 0 Å². The lowest BCUT2D eigenvalue weighted by atomic mass is 10.2. The molecule has 0 saturated carbocycles. The van der Waals surface area contributed by atoms with Gasteiger partial charge in [0, 0.05) is 12.6 Å². The lowest BCUT2D eigenvalue weighted by Gasteiger charge is -2.10. The Hall–Kier alpha value is -1.16. The highest BCUT2D eigenvalue weighted by Crippen LogP contribution is 2.32. The summed E-state index contributed by atoms with van der Waals surface area (Å²) in [7, 11) is 0. The monoisotopic (exact) mass is 319 g/mol. The summed E-state index contributed by atoms with van der Waals surface area (Å²) in [6.07, 6.45) is 0. The maximum Gasteiger partial charge on any atom is 0.127 e. The van der Waals surface area contributed by atoms with Crippen molar-refractivity contribution >= 4 is 40.5 Å². The zero-order chi connectivity index (χ0) is 14.0. The van der Waals surface area contributed by atoms with E-state index in [0.717, 1.165) is 6.07 Å². The van der Waals surface area contributed by atoms with Gasteiger partial charge >= 0.3 is 0 Å². The maximum absolute atomic E-state index is 13.1. The molecule has 2 rings (SSSR count). The molecule has 2 aromatic rings. The third kappa shape index (κ3) is 3.66. The lowest BCUT2D eigenvalue weighted by Crippen LogP contribution is -2.00. The molecule has 0 bridgehead atoms. The number of phenols is 1. The second-order valence-electron chi connectivity index (χ2n) is 3.92. The molecule has 0 unspecified atom stereocenters. The molecule has 2 N–H and O–H groups in total. The van der Waals surface area contributed by atoms with Crippen LogP contribution in [0, 0.1) is 5.82 Å². The molecule has 2 nitrogen and oxygen atoms in total. The zero-order valence-corrected chi connectivity index (χ0v) is 11.8. The summed E-state index contributed by atoms with van der Waals surface area (Å²) in [5.41, 5.74) is 1.17. The average Bonchev–Trinajstić information content (AvgIpc) is 2.31. The Morgan fingerprint density at radius 1 is 0.947 bits per heavy atom. The molecule has 0 aromatic heterocycles. The van der Waals surface area contributed by atoms with Crippen molar-refractivity contribution in [3.63, 3.8) is 0 Å². The van der Waals surface area contributed by atoms with Crippen molar-refractivity contribution < 1.29 is 9.50 Å². The molecule has 0 aliphatic carbocycles. The molecule has 0 saturated heterocycles. The smallest absolute Gasteiger partial charge is 0.127 e. The Balaban J connectivity index is 2.16. The van der Waals surface area contributed by atoms with Crippen LogP contribution in [0.1, 0.15) is 5.56 Å². The minimum atomic E-state index is -0.503. The highest BCUT2D eigenvalue weighted by Gasteiger charge is 2.06. The number of hydrogen-bond acceptors (Lipinski definition) is 2. The Bertz CT molecular complexity index is 599. The van der Waals surface area contributed by atoms with Crippen LogP contribution in [0.25, 0.3) is 0 Å². The van der Waals surface area contributed by atoms with Gasteiger partial charge < -0.3 is 10.4 Å². The highest BCUT2D eigenvalue weighted by atomic mass is 35.5. The number of aromatic hydroxyl groups is 1. The molecule has 0 spiro atoms. The van der Waals surface area contributed by atoms with Crippen LogP contribution in [0.3, 0.4) is 0 Å². The summed E-state index contributed by atoms with van der Waals surface area (Å²) in [4.78, 5) is 0. The van der Waals surface area contributed by atoms with Crippen molar-refractivity contribution in [2.24, 2.45) is 0 Å². The average molecular weight is 321 g/mol. The standard InChI is InChI=1S/C13H9Cl3FNO/c14-10-4-12(16)13(5-11(10)15)18-6-7-1-8(17)3-9(19)2-7/h1-5,18-19H,6H2. The summed E-state index contributed by atoms with van der Waals surface area (Å²) >= 11 is 17.7. The molecular weight excluding hydrogens is 312 g/mol. The van der Waals surface area contributed by atoms with Crippen molar-refractivity contribution in [2.45, 2.75) is 6.54 Å². The summed E-state index contributed by atoms with van der Waals surface area (Å²) in [6, 6.07) is 6.93. The van der Waals surface area contributed by atoms with Crippen molar-refractivity contribution in [2.75, 3.05) is 5.32 Å². The summed E-state index contributed by atoms with van der Waals surface area (Å²) < 4.78 is 13.1. The topological polar surface area (TPSA) is 32.3 Å². The minimum Gasteiger partial charge on any atom is -0.508 e. The van der Waals surface area contributed by atoms with Gasteiger partial charge in [-0.1, -0.05) is 34.8 Å². The summed E-state index contributed by atoms with van der Waals surface area (Å²) in [6.45, 7) is 0.295. The van der Waals surface area contributed by atoms with E-state index < -0.39 is 5.82 Å². The van der Waals surface area contributed by atoms with Gasteiger partial charge in [-0.25, -0.2) is 4.39 Å². The Labute approximate surface area is 124 Å².